The van der Waals surface area contributed by atoms with Gasteiger partial charge in [-0.2, -0.15) is 0 Å². The number of aliphatic imine (C=N–C) groups is 1. The van der Waals surface area contributed by atoms with Crippen LogP contribution in [0.5, 0.6) is 0 Å². The molecule has 0 N–H and O–H groups in total. The van der Waals surface area contributed by atoms with E-state index in [0.717, 1.165) is 29.8 Å². The number of rotatable bonds is 2. The molecule has 2 aromatic carbocycles. The molecule has 2 heterocycles. The fourth-order valence-corrected chi connectivity index (χ4v) is 3.42. The monoisotopic (exact) mass is 338 g/mol. The van der Waals surface area contributed by atoms with Crippen molar-refractivity contribution in [1.82, 2.24) is 0 Å². The van der Waals surface area contributed by atoms with Crippen LogP contribution in [0, 0.1) is 0 Å². The SMILES string of the molecule is Brc1ccc2c(c1)C=C(Cc1ccccc1)C1=NCCN12. The maximum Gasteiger partial charge on any atom is 0.131 e. The summed E-state index contributed by atoms with van der Waals surface area (Å²) >= 11 is 3.57. The summed E-state index contributed by atoms with van der Waals surface area (Å²) in [5.41, 5.74) is 5.18. The van der Waals surface area contributed by atoms with E-state index in [9.17, 15) is 0 Å². The molecule has 2 aromatic rings. The highest BCUT2D eigenvalue weighted by Crippen LogP contribution is 2.34. The van der Waals surface area contributed by atoms with Gasteiger partial charge in [0, 0.05) is 23.1 Å². The molecule has 0 fully saturated rings. The average molecular weight is 339 g/mol. The molecule has 0 atom stereocenters. The molecule has 21 heavy (non-hydrogen) atoms. The molecule has 0 unspecified atom stereocenters. The van der Waals surface area contributed by atoms with Crippen LogP contribution in [0.1, 0.15) is 11.1 Å². The van der Waals surface area contributed by atoms with Crippen molar-refractivity contribution in [3.8, 4) is 0 Å². The lowest BCUT2D eigenvalue weighted by atomic mass is 9.96. The zero-order valence-corrected chi connectivity index (χ0v) is 13.2. The fourth-order valence-electron chi connectivity index (χ4n) is 3.04. The molecule has 3 heteroatoms. The van der Waals surface area contributed by atoms with Gasteiger partial charge in [-0.15, -0.1) is 0 Å². The van der Waals surface area contributed by atoms with Crippen LogP contribution < -0.4 is 4.90 Å². The zero-order valence-electron chi connectivity index (χ0n) is 11.6. The van der Waals surface area contributed by atoms with Gasteiger partial charge < -0.3 is 4.90 Å². The minimum absolute atomic E-state index is 0.886. The number of nitrogens with zero attached hydrogens (tertiary/aromatic N) is 2. The summed E-state index contributed by atoms with van der Waals surface area (Å²) in [5.74, 6) is 1.15. The number of hydrogen-bond donors (Lipinski definition) is 0. The summed E-state index contributed by atoms with van der Waals surface area (Å²) in [6.07, 6.45) is 3.22. The van der Waals surface area contributed by atoms with Gasteiger partial charge in [0.15, 0.2) is 0 Å². The molecule has 0 radical (unpaired) electrons. The Balaban J connectivity index is 1.78. The minimum Gasteiger partial charge on any atom is -0.324 e. The molecule has 2 aliphatic heterocycles. The maximum absolute atomic E-state index is 4.72. The molecule has 0 aliphatic carbocycles. The van der Waals surface area contributed by atoms with E-state index in [1.54, 1.807) is 0 Å². The van der Waals surface area contributed by atoms with Crippen LogP contribution in [0.4, 0.5) is 5.69 Å². The van der Waals surface area contributed by atoms with Gasteiger partial charge in [-0.25, -0.2) is 0 Å². The van der Waals surface area contributed by atoms with Gasteiger partial charge in [-0.05, 0) is 41.0 Å². The number of benzene rings is 2. The van der Waals surface area contributed by atoms with E-state index in [1.807, 2.05) is 0 Å². The van der Waals surface area contributed by atoms with E-state index >= 15 is 0 Å². The predicted octanol–water partition coefficient (Wildman–Crippen LogP) is 4.31. The Morgan fingerprint density at radius 3 is 2.81 bits per heavy atom. The van der Waals surface area contributed by atoms with Crippen molar-refractivity contribution in [2.75, 3.05) is 18.0 Å². The second kappa shape index (κ2) is 5.15. The summed E-state index contributed by atoms with van der Waals surface area (Å²) in [7, 11) is 0. The van der Waals surface area contributed by atoms with Crippen molar-refractivity contribution < 1.29 is 0 Å². The molecule has 104 valence electrons. The van der Waals surface area contributed by atoms with E-state index < -0.39 is 0 Å². The zero-order chi connectivity index (χ0) is 14.2. The molecule has 4 rings (SSSR count). The summed E-state index contributed by atoms with van der Waals surface area (Å²) in [4.78, 5) is 7.07. The van der Waals surface area contributed by atoms with E-state index in [-0.39, 0.29) is 0 Å². The van der Waals surface area contributed by atoms with Crippen LogP contribution in [0.2, 0.25) is 0 Å². The van der Waals surface area contributed by atoms with E-state index in [4.69, 9.17) is 4.99 Å². The Labute approximate surface area is 132 Å². The molecule has 0 saturated heterocycles. The van der Waals surface area contributed by atoms with Gasteiger partial charge in [-0.1, -0.05) is 46.3 Å². The lowest BCUT2D eigenvalue weighted by Crippen LogP contribution is -2.32. The molecular weight excluding hydrogens is 324 g/mol. The molecule has 0 saturated carbocycles. The van der Waals surface area contributed by atoms with Gasteiger partial charge >= 0.3 is 0 Å². The summed E-state index contributed by atoms with van der Waals surface area (Å²) in [6, 6.07) is 17.1. The molecule has 0 aromatic heterocycles. The lowest BCUT2D eigenvalue weighted by molar-refractivity contribution is 1.02. The number of hydrogen-bond acceptors (Lipinski definition) is 2. The van der Waals surface area contributed by atoms with Gasteiger partial charge in [0.05, 0.1) is 6.54 Å². The Bertz CT molecular complexity index is 747. The smallest absolute Gasteiger partial charge is 0.131 e. The van der Waals surface area contributed by atoms with Crippen LogP contribution >= 0.6 is 15.9 Å². The van der Waals surface area contributed by atoms with Gasteiger partial charge in [0.1, 0.15) is 5.84 Å². The number of fused-ring (bicyclic) bond motifs is 3. The van der Waals surface area contributed by atoms with Crippen LogP contribution in [0.15, 0.2) is 63.6 Å². The molecule has 0 spiro atoms. The van der Waals surface area contributed by atoms with Crippen LogP contribution in [0.25, 0.3) is 6.08 Å². The quantitative estimate of drug-likeness (QED) is 0.796. The number of anilines is 1. The average Bonchev–Trinajstić information content (AvgIpc) is 2.98. The van der Waals surface area contributed by atoms with Gasteiger partial charge in [-0.3, -0.25) is 4.99 Å². The largest absolute Gasteiger partial charge is 0.324 e. The Morgan fingerprint density at radius 1 is 1.10 bits per heavy atom. The highest BCUT2D eigenvalue weighted by Gasteiger charge is 2.27. The van der Waals surface area contributed by atoms with Gasteiger partial charge in [0.25, 0.3) is 0 Å². The first kappa shape index (κ1) is 12.8. The second-order valence-electron chi connectivity index (χ2n) is 5.39. The van der Waals surface area contributed by atoms with Crippen molar-refractivity contribution in [3.05, 3.63) is 69.7 Å². The third-order valence-electron chi connectivity index (χ3n) is 3.98. The molecule has 2 aliphatic rings. The normalized spacial score (nSPS) is 16.1. The van der Waals surface area contributed by atoms with Crippen LogP contribution in [-0.2, 0) is 6.42 Å². The summed E-state index contributed by atoms with van der Waals surface area (Å²) < 4.78 is 1.12. The highest BCUT2D eigenvalue weighted by atomic mass is 79.9. The predicted molar refractivity (Wildman–Crippen MR) is 91.9 cm³/mol. The van der Waals surface area contributed by atoms with Gasteiger partial charge in [0.2, 0.25) is 0 Å². The highest BCUT2D eigenvalue weighted by molar-refractivity contribution is 9.10. The van der Waals surface area contributed by atoms with E-state index in [0.29, 0.717) is 0 Å². The minimum atomic E-state index is 0.886. The van der Waals surface area contributed by atoms with Crippen molar-refractivity contribution in [2.24, 2.45) is 4.99 Å². The van der Waals surface area contributed by atoms with Crippen molar-refractivity contribution in [3.63, 3.8) is 0 Å². The first-order chi connectivity index (χ1) is 10.3. The molecule has 0 bridgehead atoms. The molecule has 2 nitrogen and oxygen atoms in total. The lowest BCUT2D eigenvalue weighted by Gasteiger charge is -2.28. The molecule has 0 amide bonds. The van der Waals surface area contributed by atoms with Crippen LogP contribution in [0.3, 0.4) is 0 Å². The topological polar surface area (TPSA) is 15.6 Å². The van der Waals surface area contributed by atoms with Crippen LogP contribution in [-0.4, -0.2) is 18.9 Å². The summed E-state index contributed by atoms with van der Waals surface area (Å²) in [5, 5.41) is 0. The Hall–Kier alpha value is -1.87. The first-order valence-corrected chi connectivity index (χ1v) is 7.97. The van der Waals surface area contributed by atoms with Crippen molar-refractivity contribution in [2.45, 2.75) is 6.42 Å². The number of halogens is 1. The van der Waals surface area contributed by atoms with Crippen molar-refractivity contribution >= 4 is 33.5 Å². The van der Waals surface area contributed by atoms with Crippen molar-refractivity contribution in [1.29, 1.82) is 0 Å². The third kappa shape index (κ3) is 2.32. The standard InChI is InChI=1S/C18H15BrN2/c19-16-6-7-17-14(12-16)11-15(18-20-8-9-21(17)18)10-13-4-2-1-3-5-13/h1-7,11-12H,8-10H2. The molecular formula is C18H15BrN2. The third-order valence-corrected chi connectivity index (χ3v) is 4.47. The fraction of sp³-hybridized carbons (Fsp3) is 0.167. The Kier molecular flexibility index (Phi) is 3.15. The maximum atomic E-state index is 4.72. The summed E-state index contributed by atoms with van der Waals surface area (Å²) in [6.45, 7) is 1.87. The second-order valence-corrected chi connectivity index (χ2v) is 6.31. The van der Waals surface area contributed by atoms with E-state index in [2.05, 4.69) is 75.4 Å². The van der Waals surface area contributed by atoms with E-state index in [1.165, 1.54) is 22.4 Å². The first-order valence-electron chi connectivity index (χ1n) is 7.18. The Morgan fingerprint density at radius 2 is 1.95 bits per heavy atom. The number of amidine groups is 1.